The van der Waals surface area contributed by atoms with Gasteiger partial charge >= 0.3 is 0 Å². The third-order valence-electron chi connectivity index (χ3n) is 5.05. The quantitative estimate of drug-likeness (QED) is 0.457. The van der Waals surface area contributed by atoms with Gasteiger partial charge in [-0.2, -0.15) is 5.10 Å². The maximum Gasteiger partial charge on any atom is 0.222 e. The lowest BCUT2D eigenvalue weighted by Gasteiger charge is -2.29. The van der Waals surface area contributed by atoms with Crippen LogP contribution in [-0.4, -0.2) is 38.5 Å². The van der Waals surface area contributed by atoms with Gasteiger partial charge in [-0.15, -0.1) is 6.58 Å². The molecular formula is C25H30FN3O2. The summed E-state index contributed by atoms with van der Waals surface area (Å²) in [7, 11) is 1.81. The molecular weight excluding hydrogens is 393 g/mol. The lowest BCUT2D eigenvalue weighted by atomic mass is 10.0. The topological polar surface area (TPSA) is 50.5 Å². The minimum Gasteiger partial charge on any atom is -0.439 e. The number of rotatable bonds is 10. The van der Waals surface area contributed by atoms with Gasteiger partial charge in [0, 0.05) is 31.8 Å². The van der Waals surface area contributed by atoms with Gasteiger partial charge in [-0.3, -0.25) is 4.90 Å². The fourth-order valence-corrected chi connectivity index (χ4v) is 3.56. The van der Waals surface area contributed by atoms with Crippen LogP contribution in [0, 0.1) is 5.82 Å². The molecule has 3 rings (SSSR count). The lowest BCUT2D eigenvalue weighted by molar-refractivity contribution is 0.0585. The molecule has 164 valence electrons. The van der Waals surface area contributed by atoms with E-state index in [1.54, 1.807) is 29.8 Å². The lowest BCUT2D eigenvalue weighted by Crippen LogP contribution is -2.39. The zero-order chi connectivity index (χ0) is 22.4. The molecule has 6 heteroatoms. The van der Waals surface area contributed by atoms with Gasteiger partial charge in [-0.05, 0) is 32.0 Å². The summed E-state index contributed by atoms with van der Waals surface area (Å²) in [4.78, 5) is 2.16. The zero-order valence-electron chi connectivity index (χ0n) is 18.4. The molecule has 0 unspecified atom stereocenters. The molecule has 0 aliphatic carbocycles. The monoisotopic (exact) mass is 423 g/mol. The van der Waals surface area contributed by atoms with Crippen LogP contribution in [0.3, 0.4) is 0 Å². The summed E-state index contributed by atoms with van der Waals surface area (Å²) >= 11 is 0. The Morgan fingerprint density at radius 2 is 1.97 bits per heavy atom. The van der Waals surface area contributed by atoms with Crippen molar-refractivity contribution >= 4 is 0 Å². The van der Waals surface area contributed by atoms with Crippen molar-refractivity contribution in [3.05, 3.63) is 78.6 Å². The van der Waals surface area contributed by atoms with E-state index >= 15 is 0 Å². The van der Waals surface area contributed by atoms with E-state index in [4.69, 9.17) is 9.84 Å². The van der Waals surface area contributed by atoms with Crippen LogP contribution < -0.4 is 4.74 Å². The minimum absolute atomic E-state index is 0.362. The molecule has 0 spiro atoms. The number of ether oxygens (including phenoxy) is 1. The van der Waals surface area contributed by atoms with Crippen LogP contribution in [0.5, 0.6) is 11.6 Å². The molecule has 0 aliphatic heterocycles. The molecule has 0 saturated heterocycles. The van der Waals surface area contributed by atoms with Crippen molar-refractivity contribution in [1.29, 1.82) is 0 Å². The second-order valence-electron chi connectivity index (χ2n) is 7.95. The molecule has 0 bridgehead atoms. The summed E-state index contributed by atoms with van der Waals surface area (Å²) in [5, 5.41) is 15.3. The predicted octanol–water partition coefficient (Wildman–Crippen LogP) is 5.17. The highest BCUT2D eigenvalue weighted by Crippen LogP contribution is 2.34. The molecule has 1 atom stereocenters. The third-order valence-corrected chi connectivity index (χ3v) is 5.05. The Balaban J connectivity index is 2.04. The molecule has 1 aromatic heterocycles. The number of halogens is 1. The normalized spacial score (nSPS) is 13.2. The van der Waals surface area contributed by atoms with Gasteiger partial charge in [-0.1, -0.05) is 49.4 Å². The summed E-state index contributed by atoms with van der Waals surface area (Å²) in [6, 6.07) is 16.0. The molecule has 2 aromatic carbocycles. The van der Waals surface area contributed by atoms with Crippen molar-refractivity contribution in [2.75, 3.05) is 13.1 Å². The zero-order valence-corrected chi connectivity index (χ0v) is 18.4. The molecule has 0 amide bonds. The van der Waals surface area contributed by atoms with Gasteiger partial charge in [0.25, 0.3) is 0 Å². The number of nitrogens with zero attached hydrogens (tertiary/aromatic N) is 3. The van der Waals surface area contributed by atoms with E-state index in [1.165, 1.54) is 12.1 Å². The molecule has 31 heavy (non-hydrogen) atoms. The van der Waals surface area contributed by atoms with Gasteiger partial charge in [0.2, 0.25) is 5.88 Å². The molecule has 3 aromatic rings. The van der Waals surface area contributed by atoms with Crippen molar-refractivity contribution in [2.24, 2.45) is 7.05 Å². The molecule has 0 aliphatic rings. The van der Waals surface area contributed by atoms with Gasteiger partial charge in [0.1, 0.15) is 17.3 Å². The van der Waals surface area contributed by atoms with Crippen LogP contribution in [0.4, 0.5) is 4.39 Å². The van der Waals surface area contributed by atoms with Crippen molar-refractivity contribution in [1.82, 2.24) is 14.7 Å². The summed E-state index contributed by atoms with van der Waals surface area (Å²) in [5.41, 5.74) is 1.63. The van der Waals surface area contributed by atoms with Crippen LogP contribution in [0.25, 0.3) is 11.3 Å². The van der Waals surface area contributed by atoms with Gasteiger partial charge in [0.15, 0.2) is 0 Å². The molecule has 0 saturated carbocycles. The van der Waals surface area contributed by atoms with Crippen molar-refractivity contribution in [2.45, 2.75) is 32.4 Å². The molecule has 1 heterocycles. The SMILES string of the molecule is C=C[C@@](C)(O)CN(CCC)Cc1c(-c2ccccc2)nn(C)c1Oc1cccc(F)c1. The van der Waals surface area contributed by atoms with Gasteiger partial charge in [-0.25, -0.2) is 9.07 Å². The van der Waals surface area contributed by atoms with Crippen LogP contribution in [0.15, 0.2) is 67.3 Å². The Labute approximate surface area is 183 Å². The van der Waals surface area contributed by atoms with E-state index in [1.807, 2.05) is 37.4 Å². The average molecular weight is 424 g/mol. The Bertz CT molecular complexity index is 1010. The van der Waals surface area contributed by atoms with E-state index in [0.717, 1.165) is 29.8 Å². The highest BCUT2D eigenvalue weighted by Gasteiger charge is 2.25. The first-order valence-corrected chi connectivity index (χ1v) is 10.5. The molecule has 1 N–H and O–H groups in total. The van der Waals surface area contributed by atoms with E-state index in [9.17, 15) is 9.50 Å². The number of aromatic nitrogens is 2. The molecule has 0 fully saturated rings. The minimum atomic E-state index is -1.02. The van der Waals surface area contributed by atoms with E-state index < -0.39 is 5.60 Å². The van der Waals surface area contributed by atoms with E-state index in [0.29, 0.717) is 24.7 Å². The fraction of sp³-hybridized carbons (Fsp3) is 0.320. The van der Waals surface area contributed by atoms with E-state index in [-0.39, 0.29) is 5.82 Å². The first kappa shape index (κ1) is 22.7. The Kier molecular flexibility index (Phi) is 7.25. The Hall–Kier alpha value is -2.96. The molecule has 5 nitrogen and oxygen atoms in total. The maximum atomic E-state index is 13.7. The highest BCUT2D eigenvalue weighted by atomic mass is 19.1. The predicted molar refractivity (Wildman–Crippen MR) is 122 cm³/mol. The Morgan fingerprint density at radius 1 is 1.23 bits per heavy atom. The summed E-state index contributed by atoms with van der Waals surface area (Å²) < 4.78 is 21.5. The Morgan fingerprint density at radius 3 is 2.61 bits per heavy atom. The van der Waals surface area contributed by atoms with Gasteiger partial charge < -0.3 is 9.84 Å². The first-order valence-electron chi connectivity index (χ1n) is 10.5. The van der Waals surface area contributed by atoms with Crippen LogP contribution >= 0.6 is 0 Å². The van der Waals surface area contributed by atoms with Crippen LogP contribution in [0.2, 0.25) is 0 Å². The second kappa shape index (κ2) is 9.90. The van der Waals surface area contributed by atoms with Crippen molar-refractivity contribution in [3.8, 4) is 22.9 Å². The standard InChI is InChI=1S/C25H30FN3O2/c1-5-15-29(18-25(3,30)6-2)17-22-23(19-11-8-7-9-12-19)27-28(4)24(22)31-21-14-10-13-20(26)16-21/h6-14,16,30H,2,5,15,17-18H2,1,3-4H3/t25-/m1/s1. The van der Waals surface area contributed by atoms with Crippen LogP contribution in [-0.2, 0) is 13.6 Å². The number of aliphatic hydroxyl groups is 1. The van der Waals surface area contributed by atoms with E-state index in [2.05, 4.69) is 18.4 Å². The summed E-state index contributed by atoms with van der Waals surface area (Å²) in [6.07, 6.45) is 2.48. The number of hydrogen-bond donors (Lipinski definition) is 1. The maximum absolute atomic E-state index is 13.7. The number of aryl methyl sites for hydroxylation is 1. The fourth-order valence-electron chi connectivity index (χ4n) is 3.56. The number of hydrogen-bond acceptors (Lipinski definition) is 4. The van der Waals surface area contributed by atoms with Crippen molar-refractivity contribution in [3.63, 3.8) is 0 Å². The highest BCUT2D eigenvalue weighted by molar-refractivity contribution is 5.65. The van der Waals surface area contributed by atoms with Crippen LogP contribution in [0.1, 0.15) is 25.8 Å². The number of benzene rings is 2. The van der Waals surface area contributed by atoms with Gasteiger partial charge in [0.05, 0.1) is 11.2 Å². The molecule has 0 radical (unpaired) electrons. The summed E-state index contributed by atoms with van der Waals surface area (Å²) in [5.74, 6) is 0.590. The summed E-state index contributed by atoms with van der Waals surface area (Å²) in [6.45, 7) is 9.31. The smallest absolute Gasteiger partial charge is 0.222 e. The van der Waals surface area contributed by atoms with Crippen molar-refractivity contribution < 1.29 is 14.2 Å². The second-order valence-corrected chi connectivity index (χ2v) is 7.95. The first-order chi connectivity index (χ1) is 14.8. The largest absolute Gasteiger partial charge is 0.439 e. The average Bonchev–Trinajstić information content (AvgIpc) is 3.04. The third kappa shape index (κ3) is 5.81.